The second kappa shape index (κ2) is 5.15. The van der Waals surface area contributed by atoms with Crippen LogP contribution in [-0.4, -0.2) is 16.6 Å². The van der Waals surface area contributed by atoms with Crippen LogP contribution in [0.1, 0.15) is 16.8 Å². The summed E-state index contributed by atoms with van der Waals surface area (Å²) < 4.78 is 19.1. The lowest BCUT2D eigenvalue weighted by Gasteiger charge is -2.19. The number of hydrazine groups is 1. The van der Waals surface area contributed by atoms with Gasteiger partial charge in [-0.1, -0.05) is 12.1 Å². The molecule has 2 heterocycles. The van der Waals surface area contributed by atoms with Crippen molar-refractivity contribution in [1.82, 2.24) is 9.97 Å². The minimum atomic E-state index is -0.269. The summed E-state index contributed by atoms with van der Waals surface area (Å²) in [5, 5.41) is 0. The average molecular weight is 274 g/mol. The van der Waals surface area contributed by atoms with Crippen molar-refractivity contribution in [1.29, 1.82) is 0 Å². The molecule has 0 bridgehead atoms. The molecule has 104 valence electrons. The van der Waals surface area contributed by atoms with Gasteiger partial charge in [0.25, 0.3) is 0 Å². The Labute approximate surface area is 116 Å². The highest BCUT2D eigenvalue weighted by molar-refractivity contribution is 5.60. The minimum Gasteiger partial charge on any atom is -0.376 e. The highest BCUT2D eigenvalue weighted by atomic mass is 19.1. The number of hydrogen-bond acceptors (Lipinski definition) is 5. The minimum absolute atomic E-state index is 0.269. The molecule has 3 rings (SSSR count). The number of ether oxygens (including phenoxy) is 1. The molecular weight excluding hydrogens is 259 g/mol. The van der Waals surface area contributed by atoms with E-state index in [4.69, 9.17) is 10.6 Å². The van der Waals surface area contributed by atoms with E-state index in [1.807, 2.05) is 0 Å². The fourth-order valence-corrected chi connectivity index (χ4v) is 2.21. The molecule has 0 amide bonds. The van der Waals surface area contributed by atoms with E-state index in [2.05, 4.69) is 15.4 Å². The van der Waals surface area contributed by atoms with Crippen LogP contribution in [0.25, 0.3) is 11.4 Å². The third-order valence-electron chi connectivity index (χ3n) is 3.39. The predicted molar refractivity (Wildman–Crippen MR) is 73.3 cm³/mol. The summed E-state index contributed by atoms with van der Waals surface area (Å²) in [7, 11) is 0. The van der Waals surface area contributed by atoms with E-state index in [0.717, 1.165) is 11.3 Å². The first-order valence-corrected chi connectivity index (χ1v) is 6.39. The Bertz CT molecular complexity index is 643. The summed E-state index contributed by atoms with van der Waals surface area (Å²) in [6, 6.07) is 4.96. The Hall–Kier alpha value is -2.05. The lowest BCUT2D eigenvalue weighted by molar-refractivity contribution is 0.109. The molecule has 0 unspecified atom stereocenters. The number of anilines is 1. The number of hydrogen-bond donors (Lipinski definition) is 2. The summed E-state index contributed by atoms with van der Waals surface area (Å²) in [6.45, 7) is 2.78. The van der Waals surface area contributed by atoms with Crippen LogP contribution < -0.4 is 11.3 Å². The van der Waals surface area contributed by atoms with Crippen LogP contribution in [0.5, 0.6) is 0 Å². The van der Waals surface area contributed by atoms with Crippen molar-refractivity contribution in [3.63, 3.8) is 0 Å². The van der Waals surface area contributed by atoms with Crippen LogP contribution in [0.4, 0.5) is 10.2 Å². The lowest BCUT2D eigenvalue weighted by atomic mass is 10.1. The molecule has 0 fully saturated rings. The van der Waals surface area contributed by atoms with Crippen LogP contribution in [0.3, 0.4) is 0 Å². The first-order chi connectivity index (χ1) is 9.69. The molecule has 0 atom stereocenters. The van der Waals surface area contributed by atoms with Gasteiger partial charge >= 0.3 is 0 Å². The zero-order valence-corrected chi connectivity index (χ0v) is 11.1. The first kappa shape index (κ1) is 13.0. The monoisotopic (exact) mass is 274 g/mol. The third kappa shape index (κ3) is 2.23. The number of rotatable bonds is 2. The largest absolute Gasteiger partial charge is 0.376 e. The van der Waals surface area contributed by atoms with E-state index < -0.39 is 0 Å². The number of fused-ring (bicyclic) bond motifs is 1. The maximum absolute atomic E-state index is 13.7. The van der Waals surface area contributed by atoms with Gasteiger partial charge in [-0.25, -0.2) is 20.2 Å². The zero-order chi connectivity index (χ0) is 14.1. The van der Waals surface area contributed by atoms with Crippen LogP contribution in [-0.2, 0) is 17.8 Å². The molecule has 0 saturated heterocycles. The third-order valence-corrected chi connectivity index (χ3v) is 3.39. The number of benzene rings is 1. The maximum atomic E-state index is 13.7. The highest BCUT2D eigenvalue weighted by Crippen LogP contribution is 2.26. The van der Waals surface area contributed by atoms with Crippen LogP contribution >= 0.6 is 0 Å². The molecule has 6 heteroatoms. The quantitative estimate of drug-likeness (QED) is 0.647. The van der Waals surface area contributed by atoms with Crippen molar-refractivity contribution in [2.24, 2.45) is 5.84 Å². The molecule has 1 aromatic carbocycles. The van der Waals surface area contributed by atoms with E-state index in [-0.39, 0.29) is 5.82 Å². The smallest absolute Gasteiger partial charge is 0.161 e. The molecule has 0 radical (unpaired) electrons. The van der Waals surface area contributed by atoms with Gasteiger partial charge in [0, 0.05) is 17.5 Å². The van der Waals surface area contributed by atoms with E-state index in [1.54, 1.807) is 19.1 Å². The number of halogens is 1. The summed E-state index contributed by atoms with van der Waals surface area (Å²) in [5.41, 5.74) is 5.57. The summed E-state index contributed by atoms with van der Waals surface area (Å²) in [6.07, 6.45) is 0.702. The summed E-state index contributed by atoms with van der Waals surface area (Å²) >= 11 is 0. The maximum Gasteiger partial charge on any atom is 0.161 e. The molecular formula is C14H15FN4O. The Morgan fingerprint density at radius 3 is 2.95 bits per heavy atom. The van der Waals surface area contributed by atoms with E-state index >= 15 is 0 Å². The summed E-state index contributed by atoms with van der Waals surface area (Å²) in [5.74, 6) is 6.24. The Kier molecular flexibility index (Phi) is 3.33. The summed E-state index contributed by atoms with van der Waals surface area (Å²) in [4.78, 5) is 8.86. The van der Waals surface area contributed by atoms with Gasteiger partial charge in [0.2, 0.25) is 0 Å². The lowest BCUT2D eigenvalue weighted by Crippen LogP contribution is -2.19. The number of nitrogens with two attached hydrogens (primary N) is 1. The van der Waals surface area contributed by atoms with Gasteiger partial charge in [-0.2, -0.15) is 0 Å². The number of aromatic nitrogens is 2. The Morgan fingerprint density at radius 1 is 1.35 bits per heavy atom. The van der Waals surface area contributed by atoms with Gasteiger partial charge in [0.05, 0.1) is 18.9 Å². The van der Waals surface area contributed by atoms with Crippen molar-refractivity contribution >= 4 is 5.82 Å². The molecule has 20 heavy (non-hydrogen) atoms. The molecule has 3 N–H and O–H groups in total. The fourth-order valence-electron chi connectivity index (χ4n) is 2.21. The fraction of sp³-hybridized carbons (Fsp3) is 0.286. The van der Waals surface area contributed by atoms with Gasteiger partial charge in [-0.05, 0) is 18.6 Å². The van der Waals surface area contributed by atoms with Crippen molar-refractivity contribution in [3.05, 3.63) is 40.8 Å². The zero-order valence-electron chi connectivity index (χ0n) is 11.1. The number of nitrogens with zero attached hydrogens (tertiary/aromatic N) is 2. The highest BCUT2D eigenvalue weighted by Gasteiger charge is 2.18. The molecule has 5 nitrogen and oxygen atoms in total. The topological polar surface area (TPSA) is 73.1 Å². The van der Waals surface area contributed by atoms with E-state index in [0.29, 0.717) is 42.4 Å². The van der Waals surface area contributed by atoms with Gasteiger partial charge < -0.3 is 10.2 Å². The average Bonchev–Trinajstić information content (AvgIpc) is 2.49. The normalized spacial score (nSPS) is 13.9. The van der Waals surface area contributed by atoms with Gasteiger partial charge in [-0.15, -0.1) is 0 Å². The van der Waals surface area contributed by atoms with Crippen molar-refractivity contribution in [3.8, 4) is 11.4 Å². The van der Waals surface area contributed by atoms with Crippen molar-refractivity contribution in [2.75, 3.05) is 12.0 Å². The van der Waals surface area contributed by atoms with Gasteiger partial charge in [0.15, 0.2) is 5.82 Å². The standard InChI is InChI=1S/C14H15FN4O/c1-8-2-3-9(6-11(8)15)13-17-12-4-5-20-7-10(12)14(18-13)19-16/h2-3,6H,4-5,7,16H2,1H3,(H,17,18,19). The number of nitrogen functional groups attached to an aromatic ring is 1. The van der Waals surface area contributed by atoms with Crippen molar-refractivity contribution in [2.45, 2.75) is 20.0 Å². The van der Waals surface area contributed by atoms with Gasteiger partial charge in [0.1, 0.15) is 11.6 Å². The molecule has 0 spiro atoms. The SMILES string of the molecule is Cc1ccc(-c2nc3c(c(NN)n2)COCC3)cc1F. The second-order valence-corrected chi connectivity index (χ2v) is 4.73. The molecule has 1 aliphatic heterocycles. The predicted octanol–water partition coefficient (Wildman–Crippen LogP) is 1.95. The van der Waals surface area contributed by atoms with E-state index in [1.165, 1.54) is 6.07 Å². The Balaban J connectivity index is 2.11. The van der Waals surface area contributed by atoms with E-state index in [9.17, 15) is 4.39 Å². The molecule has 1 aromatic heterocycles. The van der Waals surface area contributed by atoms with Crippen molar-refractivity contribution < 1.29 is 9.13 Å². The van der Waals surface area contributed by atoms with Crippen LogP contribution in [0.2, 0.25) is 0 Å². The van der Waals surface area contributed by atoms with Crippen LogP contribution in [0, 0.1) is 12.7 Å². The second-order valence-electron chi connectivity index (χ2n) is 4.73. The number of nitrogens with one attached hydrogen (secondary N) is 1. The van der Waals surface area contributed by atoms with Gasteiger partial charge in [-0.3, -0.25) is 0 Å². The Morgan fingerprint density at radius 2 is 2.20 bits per heavy atom. The number of aryl methyl sites for hydroxylation is 1. The first-order valence-electron chi connectivity index (χ1n) is 6.39. The molecule has 2 aromatic rings. The molecule has 0 saturated carbocycles. The molecule has 1 aliphatic rings. The van der Waals surface area contributed by atoms with Crippen LogP contribution in [0.15, 0.2) is 18.2 Å². The molecule has 0 aliphatic carbocycles.